The predicted molar refractivity (Wildman–Crippen MR) is 109 cm³/mol. The van der Waals surface area contributed by atoms with Crippen LogP contribution >= 0.6 is 11.3 Å². The van der Waals surface area contributed by atoms with E-state index in [-0.39, 0.29) is 24.0 Å². The Labute approximate surface area is 169 Å². The van der Waals surface area contributed by atoms with E-state index in [0.717, 1.165) is 29.3 Å². The quantitative estimate of drug-likeness (QED) is 0.775. The van der Waals surface area contributed by atoms with Crippen LogP contribution in [-0.4, -0.2) is 42.1 Å². The monoisotopic (exact) mass is 402 g/mol. The van der Waals surface area contributed by atoms with E-state index in [0.29, 0.717) is 18.0 Å². The van der Waals surface area contributed by atoms with Gasteiger partial charge in [0.05, 0.1) is 23.6 Å². The largest absolute Gasteiger partial charge is 0.372 e. The van der Waals surface area contributed by atoms with Gasteiger partial charge in [-0.15, -0.1) is 11.3 Å². The molecule has 28 heavy (non-hydrogen) atoms. The second-order valence-electron chi connectivity index (χ2n) is 7.05. The summed E-state index contributed by atoms with van der Waals surface area (Å²) in [6, 6.07) is 7.61. The van der Waals surface area contributed by atoms with Crippen LogP contribution in [0.15, 0.2) is 30.5 Å². The number of carbonyl (C=O) groups excluding carboxylic acids is 2. The van der Waals surface area contributed by atoms with Crippen LogP contribution in [0.25, 0.3) is 0 Å². The van der Waals surface area contributed by atoms with Gasteiger partial charge in [-0.25, -0.2) is 4.98 Å². The zero-order valence-corrected chi connectivity index (χ0v) is 17.2. The van der Waals surface area contributed by atoms with Gasteiger partial charge in [-0.2, -0.15) is 0 Å². The van der Waals surface area contributed by atoms with Crippen LogP contribution in [-0.2, 0) is 22.6 Å². The summed E-state index contributed by atoms with van der Waals surface area (Å²) in [4.78, 5) is 31.6. The third-order valence-corrected chi connectivity index (χ3v) is 5.49. The van der Waals surface area contributed by atoms with Crippen molar-refractivity contribution >= 4 is 29.0 Å². The Balaban J connectivity index is 1.52. The van der Waals surface area contributed by atoms with Gasteiger partial charge < -0.3 is 20.3 Å². The number of anilines is 1. The molecule has 1 aliphatic heterocycles. The average molecular weight is 403 g/mol. The summed E-state index contributed by atoms with van der Waals surface area (Å²) in [5, 5.41) is 5.65. The molecule has 3 rings (SSSR count). The fraction of sp³-hybridized carbons (Fsp3) is 0.450. The van der Waals surface area contributed by atoms with Crippen molar-refractivity contribution in [1.82, 2.24) is 15.6 Å². The van der Waals surface area contributed by atoms with Gasteiger partial charge in [0.25, 0.3) is 5.91 Å². The molecule has 0 radical (unpaired) electrons. The van der Waals surface area contributed by atoms with Crippen LogP contribution in [0, 0.1) is 0 Å². The highest BCUT2D eigenvalue weighted by Gasteiger charge is 2.23. The summed E-state index contributed by atoms with van der Waals surface area (Å²) >= 11 is 1.38. The lowest BCUT2D eigenvalue weighted by molar-refractivity contribution is -0.119. The van der Waals surface area contributed by atoms with Gasteiger partial charge in [0.1, 0.15) is 5.82 Å². The van der Waals surface area contributed by atoms with Gasteiger partial charge in [-0.3, -0.25) is 9.59 Å². The molecular formula is C20H26N4O3S. The van der Waals surface area contributed by atoms with Crippen LogP contribution in [0.1, 0.15) is 40.9 Å². The molecule has 150 valence electrons. The first-order valence-corrected chi connectivity index (χ1v) is 10.2. The first kappa shape index (κ1) is 20.3. The highest BCUT2D eigenvalue weighted by Crippen LogP contribution is 2.19. The number of morpholine rings is 1. The van der Waals surface area contributed by atoms with Gasteiger partial charge in [0.2, 0.25) is 5.91 Å². The molecule has 2 aromatic rings. The molecule has 3 heterocycles. The first-order chi connectivity index (χ1) is 13.4. The molecule has 8 heteroatoms. The van der Waals surface area contributed by atoms with E-state index in [2.05, 4.69) is 34.4 Å². The van der Waals surface area contributed by atoms with Crippen molar-refractivity contribution < 1.29 is 14.3 Å². The fourth-order valence-corrected chi connectivity index (χ4v) is 4.01. The number of hydrogen-bond acceptors (Lipinski definition) is 6. The van der Waals surface area contributed by atoms with Crippen LogP contribution in [0.4, 0.5) is 5.82 Å². The number of ether oxygens (including phenoxy) is 1. The maximum absolute atomic E-state index is 12.3. The molecule has 0 spiro atoms. The van der Waals surface area contributed by atoms with E-state index >= 15 is 0 Å². The number of hydrogen-bond donors (Lipinski definition) is 2. The van der Waals surface area contributed by atoms with Crippen molar-refractivity contribution in [3.8, 4) is 0 Å². The summed E-state index contributed by atoms with van der Waals surface area (Å²) < 4.78 is 5.76. The zero-order chi connectivity index (χ0) is 20.1. The minimum Gasteiger partial charge on any atom is -0.372 e. The van der Waals surface area contributed by atoms with Gasteiger partial charge in [-0.1, -0.05) is 6.07 Å². The van der Waals surface area contributed by atoms with Crippen LogP contribution in [0.2, 0.25) is 0 Å². The number of nitrogens with zero attached hydrogens (tertiary/aromatic N) is 2. The maximum Gasteiger partial charge on any atom is 0.261 e. The van der Waals surface area contributed by atoms with E-state index < -0.39 is 0 Å². The summed E-state index contributed by atoms with van der Waals surface area (Å²) in [6.07, 6.45) is 2.17. The number of rotatable bonds is 6. The van der Waals surface area contributed by atoms with E-state index in [4.69, 9.17) is 4.74 Å². The van der Waals surface area contributed by atoms with E-state index in [1.807, 2.05) is 18.2 Å². The Bertz CT molecular complexity index is 811. The number of nitrogens with one attached hydrogen (secondary N) is 2. The summed E-state index contributed by atoms with van der Waals surface area (Å²) in [5.41, 5.74) is 0.946. The smallest absolute Gasteiger partial charge is 0.261 e. The molecule has 0 aliphatic carbocycles. The normalized spacial score (nSPS) is 19.3. The van der Waals surface area contributed by atoms with Crippen LogP contribution in [0.5, 0.6) is 0 Å². The molecular weight excluding hydrogens is 376 g/mol. The molecule has 2 amide bonds. The lowest BCUT2D eigenvalue weighted by Crippen LogP contribution is -2.45. The number of thiophene rings is 1. The van der Waals surface area contributed by atoms with Crippen LogP contribution < -0.4 is 15.5 Å². The topological polar surface area (TPSA) is 83.6 Å². The highest BCUT2D eigenvalue weighted by atomic mass is 32.1. The number of carbonyl (C=O) groups is 2. The molecule has 0 saturated carbocycles. The number of aromatic nitrogens is 1. The minimum atomic E-state index is -0.126. The van der Waals surface area contributed by atoms with E-state index in [1.165, 1.54) is 18.3 Å². The lowest BCUT2D eigenvalue weighted by atomic mass is 10.2. The molecule has 2 unspecified atom stereocenters. The minimum absolute atomic E-state index is 0.0867. The zero-order valence-electron chi connectivity index (χ0n) is 16.4. The van der Waals surface area contributed by atoms with Gasteiger partial charge in [0.15, 0.2) is 0 Å². The standard InChI is InChI=1S/C20H26N4O3S/c1-13-11-24(12-14(2)27-13)19-7-4-16(8-22-19)9-23-20(26)18-6-5-17(28-18)10-21-15(3)25/h4-8,13-14H,9-12H2,1-3H3,(H,21,25)(H,23,26). The SMILES string of the molecule is CC(=O)NCc1ccc(C(=O)NCc2ccc(N3CC(C)OC(C)C3)nc2)s1. The lowest BCUT2D eigenvalue weighted by Gasteiger charge is -2.36. The summed E-state index contributed by atoms with van der Waals surface area (Å²) in [7, 11) is 0. The fourth-order valence-electron chi connectivity index (χ4n) is 3.15. The molecule has 1 fully saturated rings. The Hall–Kier alpha value is -2.45. The second kappa shape index (κ2) is 9.16. The molecule has 0 aromatic carbocycles. The number of amides is 2. The Kier molecular flexibility index (Phi) is 6.64. The predicted octanol–water partition coefficient (Wildman–Crippen LogP) is 2.32. The third-order valence-electron chi connectivity index (χ3n) is 4.40. The van der Waals surface area contributed by atoms with E-state index in [1.54, 1.807) is 12.3 Å². The molecule has 2 aromatic heterocycles. The molecule has 7 nitrogen and oxygen atoms in total. The Morgan fingerprint density at radius 2 is 1.89 bits per heavy atom. The van der Waals surface area contributed by atoms with Crippen molar-refractivity contribution in [2.45, 2.75) is 46.1 Å². The second-order valence-corrected chi connectivity index (χ2v) is 8.21. The molecule has 0 bridgehead atoms. The molecule has 1 aliphatic rings. The molecule has 1 saturated heterocycles. The van der Waals surface area contributed by atoms with Gasteiger partial charge in [-0.05, 0) is 37.6 Å². The highest BCUT2D eigenvalue weighted by molar-refractivity contribution is 7.14. The third kappa shape index (κ3) is 5.53. The van der Waals surface area contributed by atoms with Crippen molar-refractivity contribution in [2.75, 3.05) is 18.0 Å². The molecule has 2 N–H and O–H groups in total. The van der Waals surface area contributed by atoms with Crippen molar-refractivity contribution in [3.63, 3.8) is 0 Å². The van der Waals surface area contributed by atoms with E-state index in [9.17, 15) is 9.59 Å². The van der Waals surface area contributed by atoms with Crippen molar-refractivity contribution in [1.29, 1.82) is 0 Å². The summed E-state index contributed by atoms with van der Waals surface area (Å²) in [5.74, 6) is 0.716. The van der Waals surface area contributed by atoms with Gasteiger partial charge >= 0.3 is 0 Å². The Morgan fingerprint density at radius 3 is 2.54 bits per heavy atom. The first-order valence-electron chi connectivity index (χ1n) is 9.37. The van der Waals surface area contributed by atoms with Crippen LogP contribution in [0.3, 0.4) is 0 Å². The van der Waals surface area contributed by atoms with Crippen molar-refractivity contribution in [2.24, 2.45) is 0 Å². The number of pyridine rings is 1. The van der Waals surface area contributed by atoms with Crippen molar-refractivity contribution in [3.05, 3.63) is 45.8 Å². The molecule has 2 atom stereocenters. The maximum atomic E-state index is 12.3. The Morgan fingerprint density at radius 1 is 1.14 bits per heavy atom. The van der Waals surface area contributed by atoms with Gasteiger partial charge in [0, 0.05) is 37.6 Å². The average Bonchev–Trinajstić information content (AvgIpc) is 3.13. The summed E-state index contributed by atoms with van der Waals surface area (Å²) in [6.45, 7) is 8.12.